The van der Waals surface area contributed by atoms with Crippen molar-refractivity contribution in [2.24, 2.45) is 5.92 Å². The number of nitrogens with one attached hydrogen (secondary N) is 1. The third kappa shape index (κ3) is 5.35. The SMILES string of the molecule is CC(C)(C)c1ncc(CNCCCC2CCCCC2O)s1. The zero-order valence-corrected chi connectivity index (χ0v) is 14.5. The highest BCUT2D eigenvalue weighted by molar-refractivity contribution is 7.11. The van der Waals surface area contributed by atoms with E-state index in [0.29, 0.717) is 5.92 Å². The Morgan fingerprint density at radius 1 is 1.33 bits per heavy atom. The molecule has 0 spiro atoms. The Morgan fingerprint density at radius 3 is 2.76 bits per heavy atom. The summed E-state index contributed by atoms with van der Waals surface area (Å²) in [5, 5.41) is 14.7. The first-order chi connectivity index (χ1) is 9.97. The van der Waals surface area contributed by atoms with Crippen molar-refractivity contribution >= 4 is 11.3 Å². The number of rotatable bonds is 6. The normalized spacial score (nSPS) is 23.4. The molecule has 0 radical (unpaired) electrons. The molecule has 2 N–H and O–H groups in total. The van der Waals surface area contributed by atoms with Gasteiger partial charge in [-0.05, 0) is 38.1 Å². The van der Waals surface area contributed by atoms with Gasteiger partial charge in [0, 0.05) is 23.0 Å². The Balaban J connectivity index is 1.62. The topological polar surface area (TPSA) is 45.2 Å². The van der Waals surface area contributed by atoms with E-state index in [1.165, 1.54) is 29.1 Å². The molecule has 120 valence electrons. The number of aliphatic hydroxyl groups is 1. The molecule has 2 atom stereocenters. The maximum atomic E-state index is 9.96. The molecule has 2 unspecified atom stereocenters. The summed E-state index contributed by atoms with van der Waals surface area (Å²) in [5.41, 5.74) is 0.153. The lowest BCUT2D eigenvalue weighted by Gasteiger charge is -2.27. The van der Waals surface area contributed by atoms with Crippen molar-refractivity contribution in [3.63, 3.8) is 0 Å². The van der Waals surface area contributed by atoms with Gasteiger partial charge in [0.1, 0.15) is 0 Å². The van der Waals surface area contributed by atoms with Gasteiger partial charge in [-0.3, -0.25) is 0 Å². The minimum absolute atomic E-state index is 0.0467. The van der Waals surface area contributed by atoms with Crippen LogP contribution >= 0.6 is 11.3 Å². The summed E-state index contributed by atoms with van der Waals surface area (Å²) < 4.78 is 0. The lowest BCUT2D eigenvalue weighted by atomic mass is 9.83. The van der Waals surface area contributed by atoms with Crippen molar-refractivity contribution in [1.82, 2.24) is 10.3 Å². The van der Waals surface area contributed by atoms with Crippen molar-refractivity contribution in [3.05, 3.63) is 16.1 Å². The van der Waals surface area contributed by atoms with Gasteiger partial charge in [-0.2, -0.15) is 0 Å². The van der Waals surface area contributed by atoms with E-state index in [1.54, 1.807) is 0 Å². The summed E-state index contributed by atoms with van der Waals surface area (Å²) in [6.45, 7) is 8.57. The van der Waals surface area contributed by atoms with E-state index < -0.39 is 0 Å². The highest BCUT2D eigenvalue weighted by Crippen LogP contribution is 2.28. The largest absolute Gasteiger partial charge is 0.393 e. The molecule has 1 aromatic rings. The predicted molar refractivity (Wildman–Crippen MR) is 89.7 cm³/mol. The first kappa shape index (κ1) is 16.9. The zero-order valence-electron chi connectivity index (χ0n) is 13.7. The van der Waals surface area contributed by atoms with Crippen molar-refractivity contribution < 1.29 is 5.11 Å². The van der Waals surface area contributed by atoms with E-state index >= 15 is 0 Å². The van der Waals surface area contributed by atoms with E-state index in [0.717, 1.165) is 32.4 Å². The van der Waals surface area contributed by atoms with Gasteiger partial charge >= 0.3 is 0 Å². The van der Waals surface area contributed by atoms with Crippen LogP contribution in [0.25, 0.3) is 0 Å². The minimum atomic E-state index is -0.0467. The molecule has 0 aliphatic heterocycles. The first-order valence-electron chi connectivity index (χ1n) is 8.31. The van der Waals surface area contributed by atoms with Crippen LogP contribution in [-0.4, -0.2) is 22.7 Å². The van der Waals surface area contributed by atoms with Gasteiger partial charge in [0.05, 0.1) is 11.1 Å². The Kier molecular flexibility index (Phi) is 6.20. The van der Waals surface area contributed by atoms with Gasteiger partial charge in [0.15, 0.2) is 0 Å². The predicted octanol–water partition coefficient (Wildman–Crippen LogP) is 3.86. The van der Waals surface area contributed by atoms with Crippen LogP contribution in [0.5, 0.6) is 0 Å². The van der Waals surface area contributed by atoms with Crippen molar-refractivity contribution in [1.29, 1.82) is 0 Å². The van der Waals surface area contributed by atoms with Gasteiger partial charge < -0.3 is 10.4 Å². The van der Waals surface area contributed by atoms with E-state index in [1.807, 2.05) is 17.5 Å². The highest BCUT2D eigenvalue weighted by Gasteiger charge is 2.22. The quantitative estimate of drug-likeness (QED) is 0.784. The van der Waals surface area contributed by atoms with Crippen LogP contribution in [0.4, 0.5) is 0 Å². The fourth-order valence-electron chi connectivity index (χ4n) is 2.96. The van der Waals surface area contributed by atoms with Crippen LogP contribution < -0.4 is 5.32 Å². The van der Waals surface area contributed by atoms with Gasteiger partial charge in [-0.15, -0.1) is 11.3 Å². The van der Waals surface area contributed by atoms with Crippen LogP contribution in [0.3, 0.4) is 0 Å². The lowest BCUT2D eigenvalue weighted by molar-refractivity contribution is 0.0643. The monoisotopic (exact) mass is 310 g/mol. The van der Waals surface area contributed by atoms with E-state index in [4.69, 9.17) is 0 Å². The average Bonchev–Trinajstić information content (AvgIpc) is 2.89. The smallest absolute Gasteiger partial charge is 0.0981 e. The molecule has 0 amide bonds. The van der Waals surface area contributed by atoms with Crippen LogP contribution in [0.1, 0.15) is 69.2 Å². The Hall–Kier alpha value is -0.450. The van der Waals surface area contributed by atoms with E-state index in [-0.39, 0.29) is 11.5 Å². The van der Waals surface area contributed by atoms with Gasteiger partial charge in [-0.1, -0.05) is 33.6 Å². The molecule has 2 rings (SSSR count). The fourth-order valence-corrected chi connectivity index (χ4v) is 3.90. The molecule has 0 bridgehead atoms. The zero-order chi connectivity index (χ0) is 15.3. The standard InChI is InChI=1S/C17H30N2OS/c1-17(2,3)16-19-12-14(21-16)11-18-10-6-8-13-7-4-5-9-15(13)20/h12-13,15,18,20H,4-11H2,1-3H3. The molecule has 1 heterocycles. The third-order valence-electron chi connectivity index (χ3n) is 4.29. The fraction of sp³-hybridized carbons (Fsp3) is 0.824. The molecule has 1 aliphatic rings. The minimum Gasteiger partial charge on any atom is -0.393 e. The van der Waals surface area contributed by atoms with E-state index in [2.05, 4.69) is 31.1 Å². The van der Waals surface area contributed by atoms with Gasteiger partial charge in [-0.25, -0.2) is 4.98 Å². The van der Waals surface area contributed by atoms with Crippen LogP contribution in [-0.2, 0) is 12.0 Å². The Morgan fingerprint density at radius 2 is 2.10 bits per heavy atom. The molecule has 4 heteroatoms. The molecule has 1 fully saturated rings. The van der Waals surface area contributed by atoms with Gasteiger partial charge in [0.25, 0.3) is 0 Å². The molecule has 0 aromatic carbocycles. The summed E-state index contributed by atoms with van der Waals surface area (Å²) in [6.07, 6.45) is 9.00. The molecular formula is C17H30N2OS. The average molecular weight is 311 g/mol. The maximum absolute atomic E-state index is 9.96. The Labute approximate surface area is 133 Å². The molecule has 1 saturated carbocycles. The first-order valence-corrected chi connectivity index (χ1v) is 9.12. The number of nitrogens with zero attached hydrogens (tertiary/aromatic N) is 1. The number of hydrogen-bond donors (Lipinski definition) is 2. The lowest BCUT2D eigenvalue weighted by Crippen LogP contribution is -2.25. The summed E-state index contributed by atoms with van der Waals surface area (Å²) in [5.74, 6) is 0.538. The van der Waals surface area contributed by atoms with Crippen LogP contribution in [0, 0.1) is 5.92 Å². The van der Waals surface area contributed by atoms with Crippen LogP contribution in [0.2, 0.25) is 0 Å². The van der Waals surface area contributed by atoms with Gasteiger partial charge in [0.2, 0.25) is 0 Å². The Bertz CT molecular complexity index is 425. The molecule has 1 aromatic heterocycles. The number of aromatic nitrogens is 1. The number of hydrogen-bond acceptors (Lipinski definition) is 4. The van der Waals surface area contributed by atoms with Crippen molar-refractivity contribution in [3.8, 4) is 0 Å². The maximum Gasteiger partial charge on any atom is 0.0981 e. The molecule has 1 aliphatic carbocycles. The summed E-state index contributed by atoms with van der Waals surface area (Å²) in [7, 11) is 0. The summed E-state index contributed by atoms with van der Waals surface area (Å²) >= 11 is 1.81. The van der Waals surface area contributed by atoms with E-state index in [9.17, 15) is 5.11 Å². The summed E-state index contributed by atoms with van der Waals surface area (Å²) in [4.78, 5) is 5.83. The van der Waals surface area contributed by atoms with Crippen LogP contribution in [0.15, 0.2) is 6.20 Å². The second-order valence-electron chi connectivity index (χ2n) is 7.31. The summed E-state index contributed by atoms with van der Waals surface area (Å²) in [6, 6.07) is 0. The van der Waals surface area contributed by atoms with Crippen molar-refractivity contribution in [2.45, 2.75) is 77.4 Å². The number of thiazole rings is 1. The van der Waals surface area contributed by atoms with Crippen molar-refractivity contribution in [2.75, 3.05) is 6.54 Å². The number of aliphatic hydroxyl groups excluding tert-OH is 1. The molecule has 3 nitrogen and oxygen atoms in total. The molecular weight excluding hydrogens is 280 g/mol. The highest BCUT2D eigenvalue weighted by atomic mass is 32.1. The second kappa shape index (κ2) is 7.70. The molecule has 0 saturated heterocycles. The third-order valence-corrected chi connectivity index (χ3v) is 5.71. The second-order valence-corrected chi connectivity index (χ2v) is 8.43. The molecule has 21 heavy (non-hydrogen) atoms.